The van der Waals surface area contributed by atoms with E-state index in [-0.39, 0.29) is 6.61 Å². The van der Waals surface area contributed by atoms with Crippen molar-refractivity contribution in [2.24, 2.45) is 4.99 Å². The number of aryl methyl sites for hydroxylation is 1. The molecule has 0 aromatic heterocycles. The summed E-state index contributed by atoms with van der Waals surface area (Å²) in [5.41, 5.74) is 1.14. The number of aliphatic hydroxyl groups is 1. The van der Waals surface area contributed by atoms with Crippen LogP contribution < -0.4 is 15.4 Å². The molecule has 5 nitrogen and oxygen atoms in total. The molecule has 22 heavy (non-hydrogen) atoms. The zero-order valence-corrected chi connectivity index (χ0v) is 13.9. The smallest absolute Gasteiger partial charge is 0.191 e. The quantitative estimate of drug-likeness (QED) is 0.371. The van der Waals surface area contributed by atoms with Gasteiger partial charge in [0.25, 0.3) is 0 Å². The van der Waals surface area contributed by atoms with Crippen LogP contribution in [-0.4, -0.2) is 43.4 Å². The van der Waals surface area contributed by atoms with Crippen molar-refractivity contribution in [1.82, 2.24) is 10.6 Å². The van der Waals surface area contributed by atoms with Gasteiger partial charge in [0.05, 0.1) is 6.54 Å². The van der Waals surface area contributed by atoms with Crippen LogP contribution in [0.15, 0.2) is 29.3 Å². The fourth-order valence-electron chi connectivity index (χ4n) is 1.87. The first-order chi connectivity index (χ1) is 10.7. The van der Waals surface area contributed by atoms with Gasteiger partial charge in [0, 0.05) is 13.1 Å². The molecule has 0 saturated carbocycles. The second-order valence-electron chi connectivity index (χ2n) is 5.28. The molecule has 0 spiro atoms. The van der Waals surface area contributed by atoms with Gasteiger partial charge < -0.3 is 20.5 Å². The second kappa shape index (κ2) is 10.9. The number of nitrogens with one attached hydrogen (secondary N) is 2. The Morgan fingerprint density at radius 3 is 2.82 bits per heavy atom. The van der Waals surface area contributed by atoms with Crippen LogP contribution in [0.4, 0.5) is 0 Å². The first kappa shape index (κ1) is 18.3. The predicted molar refractivity (Wildman–Crippen MR) is 91.6 cm³/mol. The number of guanidine groups is 1. The Morgan fingerprint density at radius 1 is 1.32 bits per heavy atom. The molecule has 0 aliphatic rings. The van der Waals surface area contributed by atoms with E-state index in [1.54, 1.807) is 0 Å². The zero-order valence-electron chi connectivity index (χ0n) is 13.9. The summed E-state index contributed by atoms with van der Waals surface area (Å²) in [4.78, 5) is 4.38. The second-order valence-corrected chi connectivity index (χ2v) is 5.28. The van der Waals surface area contributed by atoms with Crippen molar-refractivity contribution in [1.29, 1.82) is 0 Å². The average Bonchev–Trinajstić information content (AvgIpc) is 2.51. The Labute approximate surface area is 133 Å². The summed E-state index contributed by atoms with van der Waals surface area (Å²) in [6.45, 7) is 8.42. The Hall–Kier alpha value is -1.75. The van der Waals surface area contributed by atoms with Crippen molar-refractivity contribution in [3.63, 3.8) is 0 Å². The third kappa shape index (κ3) is 7.88. The average molecular weight is 307 g/mol. The molecule has 0 fully saturated rings. The van der Waals surface area contributed by atoms with Gasteiger partial charge in [-0.2, -0.15) is 0 Å². The van der Waals surface area contributed by atoms with E-state index < -0.39 is 6.10 Å². The Bertz CT molecular complexity index is 449. The number of benzene rings is 1. The monoisotopic (exact) mass is 307 g/mol. The molecule has 0 amide bonds. The molecule has 0 saturated heterocycles. The number of unbranched alkanes of at least 4 members (excludes halogenated alkanes) is 1. The highest BCUT2D eigenvalue weighted by molar-refractivity contribution is 5.79. The first-order valence-electron chi connectivity index (χ1n) is 8.05. The van der Waals surface area contributed by atoms with Crippen molar-refractivity contribution in [2.45, 2.75) is 39.7 Å². The van der Waals surface area contributed by atoms with Crippen molar-refractivity contribution < 1.29 is 9.84 Å². The molecule has 0 heterocycles. The molecular formula is C17H29N3O2. The molecule has 0 aliphatic carbocycles. The molecule has 1 unspecified atom stereocenters. The zero-order chi connectivity index (χ0) is 16.2. The molecule has 0 radical (unpaired) electrons. The molecular weight excluding hydrogens is 278 g/mol. The molecule has 0 bridgehead atoms. The molecule has 1 aromatic rings. The fourth-order valence-corrected chi connectivity index (χ4v) is 1.87. The topological polar surface area (TPSA) is 65.9 Å². The van der Waals surface area contributed by atoms with Gasteiger partial charge in [-0.3, -0.25) is 4.99 Å². The van der Waals surface area contributed by atoms with Crippen molar-refractivity contribution >= 4 is 5.96 Å². The van der Waals surface area contributed by atoms with E-state index >= 15 is 0 Å². The van der Waals surface area contributed by atoms with Crippen molar-refractivity contribution in [2.75, 3.05) is 26.2 Å². The third-order valence-electron chi connectivity index (χ3n) is 3.06. The Morgan fingerprint density at radius 2 is 2.14 bits per heavy atom. The minimum Gasteiger partial charge on any atom is -0.491 e. The van der Waals surface area contributed by atoms with Gasteiger partial charge in [0.2, 0.25) is 0 Å². The highest BCUT2D eigenvalue weighted by atomic mass is 16.5. The highest BCUT2D eigenvalue weighted by Crippen LogP contribution is 2.12. The van der Waals surface area contributed by atoms with Crippen LogP contribution in [0.25, 0.3) is 0 Å². The normalized spacial score (nSPS) is 12.8. The van der Waals surface area contributed by atoms with Crippen LogP contribution in [0.3, 0.4) is 0 Å². The lowest BCUT2D eigenvalue weighted by Crippen LogP contribution is -2.38. The Kier molecular flexibility index (Phi) is 9.07. The minimum absolute atomic E-state index is 0.237. The fraction of sp³-hybridized carbons (Fsp3) is 0.588. The summed E-state index contributed by atoms with van der Waals surface area (Å²) >= 11 is 0. The van der Waals surface area contributed by atoms with E-state index in [1.165, 1.54) is 0 Å². The maximum absolute atomic E-state index is 9.98. The van der Waals surface area contributed by atoms with Gasteiger partial charge >= 0.3 is 0 Å². The number of ether oxygens (including phenoxy) is 1. The first-order valence-corrected chi connectivity index (χ1v) is 8.05. The SMILES string of the molecule is CCCCNC(=NCC(O)COc1cccc(C)c1)NCC. The van der Waals surface area contributed by atoms with E-state index in [2.05, 4.69) is 22.5 Å². The largest absolute Gasteiger partial charge is 0.491 e. The van der Waals surface area contributed by atoms with E-state index in [1.807, 2.05) is 38.1 Å². The van der Waals surface area contributed by atoms with Crippen LogP contribution in [-0.2, 0) is 0 Å². The van der Waals surface area contributed by atoms with Crippen LogP contribution in [0.5, 0.6) is 5.75 Å². The van der Waals surface area contributed by atoms with Gasteiger partial charge in [-0.05, 0) is 38.0 Å². The lowest BCUT2D eigenvalue weighted by atomic mass is 10.2. The maximum atomic E-state index is 9.98. The molecule has 124 valence electrons. The van der Waals surface area contributed by atoms with Crippen molar-refractivity contribution in [3.8, 4) is 5.75 Å². The van der Waals surface area contributed by atoms with E-state index in [9.17, 15) is 5.11 Å². The lowest BCUT2D eigenvalue weighted by Gasteiger charge is -2.13. The van der Waals surface area contributed by atoms with Crippen LogP contribution in [0.2, 0.25) is 0 Å². The summed E-state index contributed by atoms with van der Waals surface area (Å²) in [5.74, 6) is 1.52. The van der Waals surface area contributed by atoms with E-state index in [4.69, 9.17) is 4.74 Å². The number of nitrogens with zero attached hydrogens (tertiary/aromatic N) is 1. The molecule has 1 atom stereocenters. The molecule has 0 aliphatic heterocycles. The van der Waals surface area contributed by atoms with E-state index in [0.717, 1.165) is 43.2 Å². The summed E-state index contributed by atoms with van der Waals surface area (Å²) < 4.78 is 5.58. The summed E-state index contributed by atoms with van der Waals surface area (Å²) in [6.07, 6.45) is 1.62. The lowest BCUT2D eigenvalue weighted by molar-refractivity contribution is 0.114. The third-order valence-corrected chi connectivity index (χ3v) is 3.06. The Balaban J connectivity index is 2.37. The molecule has 5 heteroatoms. The minimum atomic E-state index is -0.623. The van der Waals surface area contributed by atoms with Gasteiger partial charge in [0.15, 0.2) is 5.96 Å². The van der Waals surface area contributed by atoms with Crippen LogP contribution in [0.1, 0.15) is 32.3 Å². The van der Waals surface area contributed by atoms with E-state index in [0.29, 0.717) is 6.54 Å². The number of aliphatic imine (C=N–C) groups is 1. The standard InChI is InChI=1S/C17H29N3O2/c1-4-6-10-19-17(18-5-2)20-12-15(21)13-22-16-9-7-8-14(3)11-16/h7-9,11,15,21H,4-6,10,12-13H2,1-3H3,(H2,18,19,20). The molecule has 1 rings (SSSR count). The summed E-state index contributed by atoms with van der Waals surface area (Å²) in [6, 6.07) is 7.79. The molecule has 3 N–H and O–H groups in total. The summed E-state index contributed by atoms with van der Waals surface area (Å²) in [7, 11) is 0. The van der Waals surface area contributed by atoms with Crippen LogP contribution >= 0.6 is 0 Å². The van der Waals surface area contributed by atoms with Gasteiger partial charge in [0.1, 0.15) is 18.5 Å². The number of rotatable bonds is 9. The molecule has 1 aromatic carbocycles. The maximum Gasteiger partial charge on any atom is 0.191 e. The van der Waals surface area contributed by atoms with Crippen LogP contribution in [0, 0.1) is 6.92 Å². The number of hydrogen-bond donors (Lipinski definition) is 3. The number of aliphatic hydroxyl groups excluding tert-OH is 1. The van der Waals surface area contributed by atoms with Gasteiger partial charge in [-0.1, -0.05) is 25.5 Å². The summed E-state index contributed by atoms with van der Waals surface area (Å²) in [5, 5.41) is 16.4. The van der Waals surface area contributed by atoms with Gasteiger partial charge in [-0.25, -0.2) is 0 Å². The highest BCUT2D eigenvalue weighted by Gasteiger charge is 2.06. The predicted octanol–water partition coefficient (Wildman–Crippen LogP) is 2.09. The van der Waals surface area contributed by atoms with Gasteiger partial charge in [-0.15, -0.1) is 0 Å². The van der Waals surface area contributed by atoms with Crippen molar-refractivity contribution in [3.05, 3.63) is 29.8 Å². The number of hydrogen-bond acceptors (Lipinski definition) is 3.